The average Bonchev–Trinajstić information content (AvgIpc) is 3.29. The molecule has 0 aliphatic carbocycles. The molecule has 1 aliphatic heterocycles. The Balaban J connectivity index is 1.35. The van der Waals surface area contributed by atoms with Crippen LogP contribution >= 0.6 is 0 Å². The van der Waals surface area contributed by atoms with Gasteiger partial charge in [-0.3, -0.25) is 4.79 Å². The smallest absolute Gasteiger partial charge is 0.244 e. The first-order chi connectivity index (χ1) is 16.2. The van der Waals surface area contributed by atoms with Crippen LogP contribution in [0.1, 0.15) is 5.56 Å². The highest BCUT2D eigenvalue weighted by Crippen LogP contribution is 2.23. The van der Waals surface area contributed by atoms with E-state index in [9.17, 15) is 4.79 Å². The first-order valence-corrected chi connectivity index (χ1v) is 11.0. The van der Waals surface area contributed by atoms with E-state index in [0.29, 0.717) is 43.8 Å². The number of rotatable bonds is 5. The Labute approximate surface area is 192 Å². The largest absolute Gasteiger partial charge is 0.338 e. The third kappa shape index (κ3) is 4.59. The van der Waals surface area contributed by atoms with E-state index in [1.54, 1.807) is 23.1 Å². The van der Waals surface area contributed by atoms with Crippen LogP contribution in [0.3, 0.4) is 0 Å². The summed E-state index contributed by atoms with van der Waals surface area (Å²) in [5, 5.41) is 4.70. The molecule has 0 radical (unpaired) electrons. The highest BCUT2D eigenvalue weighted by Gasteiger charge is 2.24. The molecule has 3 heterocycles. The standard InChI is InChI=1S/C25H25N7O/c1-19-8-10-21(11-9-19)24-28-23(20-6-3-2-4-7-20)29-32(24)18-22(33)30-14-16-31(17-15-30)25-26-12-5-13-27-25/h2-13H,14-18H2,1H3. The van der Waals surface area contributed by atoms with E-state index in [-0.39, 0.29) is 12.5 Å². The molecule has 8 nitrogen and oxygen atoms in total. The van der Waals surface area contributed by atoms with Gasteiger partial charge in [-0.1, -0.05) is 60.2 Å². The number of piperazine rings is 1. The fraction of sp³-hybridized carbons (Fsp3) is 0.240. The Morgan fingerprint density at radius 3 is 2.24 bits per heavy atom. The van der Waals surface area contributed by atoms with Gasteiger partial charge in [0.2, 0.25) is 11.9 Å². The van der Waals surface area contributed by atoms with Gasteiger partial charge in [0.25, 0.3) is 0 Å². The van der Waals surface area contributed by atoms with Gasteiger partial charge in [0.1, 0.15) is 6.54 Å². The molecule has 1 aliphatic rings. The number of carbonyl (C=O) groups is 1. The Bertz CT molecular complexity index is 1210. The average molecular weight is 440 g/mol. The first kappa shape index (κ1) is 20.8. The summed E-state index contributed by atoms with van der Waals surface area (Å²) < 4.78 is 1.72. The fourth-order valence-electron chi connectivity index (χ4n) is 3.92. The number of hydrogen-bond donors (Lipinski definition) is 0. The Kier molecular flexibility index (Phi) is 5.80. The van der Waals surface area contributed by atoms with E-state index in [1.807, 2.05) is 66.4 Å². The number of aryl methyl sites for hydroxylation is 1. The number of carbonyl (C=O) groups excluding carboxylic acids is 1. The van der Waals surface area contributed by atoms with E-state index in [1.165, 1.54) is 5.56 Å². The third-order valence-electron chi connectivity index (χ3n) is 5.77. The summed E-state index contributed by atoms with van der Waals surface area (Å²) in [6.45, 7) is 4.84. The van der Waals surface area contributed by atoms with Crippen molar-refractivity contribution in [2.45, 2.75) is 13.5 Å². The zero-order chi connectivity index (χ0) is 22.6. The van der Waals surface area contributed by atoms with Crippen molar-refractivity contribution < 1.29 is 4.79 Å². The number of amides is 1. The van der Waals surface area contributed by atoms with Gasteiger partial charge in [-0.25, -0.2) is 19.6 Å². The van der Waals surface area contributed by atoms with Crippen LogP contribution < -0.4 is 4.90 Å². The molecule has 0 saturated carbocycles. The molecule has 0 N–H and O–H groups in total. The van der Waals surface area contributed by atoms with E-state index in [2.05, 4.69) is 14.9 Å². The topological polar surface area (TPSA) is 80.0 Å². The van der Waals surface area contributed by atoms with Gasteiger partial charge in [-0.15, -0.1) is 5.10 Å². The van der Waals surface area contributed by atoms with Gasteiger partial charge >= 0.3 is 0 Å². The summed E-state index contributed by atoms with van der Waals surface area (Å²) in [7, 11) is 0. The Morgan fingerprint density at radius 1 is 0.848 bits per heavy atom. The third-order valence-corrected chi connectivity index (χ3v) is 5.77. The first-order valence-electron chi connectivity index (χ1n) is 11.0. The molecule has 1 amide bonds. The van der Waals surface area contributed by atoms with Crippen molar-refractivity contribution in [1.29, 1.82) is 0 Å². The Morgan fingerprint density at radius 2 is 1.55 bits per heavy atom. The molecular formula is C25H25N7O. The number of aromatic nitrogens is 5. The molecule has 0 atom stereocenters. The summed E-state index contributed by atoms with van der Waals surface area (Å²) in [6.07, 6.45) is 3.48. The molecule has 0 unspecified atom stereocenters. The van der Waals surface area contributed by atoms with Crippen LogP contribution in [0.25, 0.3) is 22.8 Å². The van der Waals surface area contributed by atoms with Crippen molar-refractivity contribution >= 4 is 11.9 Å². The van der Waals surface area contributed by atoms with Crippen molar-refractivity contribution in [2.24, 2.45) is 0 Å². The molecule has 33 heavy (non-hydrogen) atoms. The SMILES string of the molecule is Cc1ccc(-c2nc(-c3ccccc3)nn2CC(=O)N2CCN(c3ncccn3)CC2)cc1. The van der Waals surface area contributed by atoms with Gasteiger partial charge in [-0.2, -0.15) is 0 Å². The molecule has 5 rings (SSSR count). The van der Waals surface area contributed by atoms with Crippen molar-refractivity contribution in [3.05, 3.63) is 78.6 Å². The lowest BCUT2D eigenvalue weighted by molar-refractivity contribution is -0.132. The van der Waals surface area contributed by atoms with Crippen molar-refractivity contribution in [3.8, 4) is 22.8 Å². The minimum atomic E-state index is 0.0292. The maximum absolute atomic E-state index is 13.2. The maximum atomic E-state index is 13.2. The van der Waals surface area contributed by atoms with Crippen LogP contribution in [0.15, 0.2) is 73.1 Å². The molecule has 4 aromatic rings. The summed E-state index contributed by atoms with van der Waals surface area (Å²) in [6, 6.07) is 19.8. The number of nitrogens with zero attached hydrogens (tertiary/aromatic N) is 7. The zero-order valence-electron chi connectivity index (χ0n) is 18.5. The van der Waals surface area contributed by atoms with Gasteiger partial charge in [-0.05, 0) is 13.0 Å². The second-order valence-electron chi connectivity index (χ2n) is 8.07. The number of hydrogen-bond acceptors (Lipinski definition) is 6. The number of benzene rings is 2. The molecule has 0 spiro atoms. The monoisotopic (exact) mass is 439 g/mol. The molecular weight excluding hydrogens is 414 g/mol. The zero-order valence-corrected chi connectivity index (χ0v) is 18.5. The fourth-order valence-corrected chi connectivity index (χ4v) is 3.92. The maximum Gasteiger partial charge on any atom is 0.244 e. The summed E-state index contributed by atoms with van der Waals surface area (Å²) in [5.41, 5.74) is 3.03. The van der Waals surface area contributed by atoms with Crippen molar-refractivity contribution in [2.75, 3.05) is 31.1 Å². The Hall–Kier alpha value is -4.07. The van der Waals surface area contributed by atoms with Crippen molar-refractivity contribution in [1.82, 2.24) is 29.6 Å². The van der Waals surface area contributed by atoms with E-state index >= 15 is 0 Å². The van der Waals surface area contributed by atoms with E-state index in [4.69, 9.17) is 10.1 Å². The lowest BCUT2D eigenvalue weighted by Gasteiger charge is -2.34. The van der Waals surface area contributed by atoms with Crippen LogP contribution in [0, 0.1) is 6.92 Å². The second-order valence-corrected chi connectivity index (χ2v) is 8.07. The van der Waals surface area contributed by atoms with Gasteiger partial charge < -0.3 is 9.80 Å². The normalized spacial score (nSPS) is 13.8. The molecule has 1 fully saturated rings. The highest BCUT2D eigenvalue weighted by atomic mass is 16.2. The highest BCUT2D eigenvalue weighted by molar-refractivity contribution is 5.77. The van der Waals surface area contributed by atoms with E-state index in [0.717, 1.165) is 11.1 Å². The van der Waals surface area contributed by atoms with Gasteiger partial charge in [0.05, 0.1) is 0 Å². The lowest BCUT2D eigenvalue weighted by Crippen LogP contribution is -2.50. The van der Waals surface area contributed by atoms with Crippen LogP contribution in [0.2, 0.25) is 0 Å². The molecule has 2 aromatic carbocycles. The molecule has 1 saturated heterocycles. The van der Waals surface area contributed by atoms with Crippen LogP contribution in [0.5, 0.6) is 0 Å². The van der Waals surface area contributed by atoms with Crippen LogP contribution in [-0.4, -0.2) is 61.7 Å². The summed E-state index contributed by atoms with van der Waals surface area (Å²) >= 11 is 0. The molecule has 8 heteroatoms. The predicted octanol–water partition coefficient (Wildman–Crippen LogP) is 3.06. The summed E-state index contributed by atoms with van der Waals surface area (Å²) in [5.74, 6) is 2.04. The molecule has 2 aromatic heterocycles. The van der Waals surface area contributed by atoms with Crippen LogP contribution in [0.4, 0.5) is 5.95 Å². The van der Waals surface area contributed by atoms with Crippen LogP contribution in [-0.2, 0) is 11.3 Å². The lowest BCUT2D eigenvalue weighted by atomic mass is 10.1. The summed E-state index contributed by atoms with van der Waals surface area (Å²) in [4.78, 5) is 30.6. The molecule has 166 valence electrons. The van der Waals surface area contributed by atoms with E-state index < -0.39 is 0 Å². The molecule has 0 bridgehead atoms. The van der Waals surface area contributed by atoms with Gasteiger partial charge in [0, 0.05) is 49.7 Å². The predicted molar refractivity (Wildman–Crippen MR) is 126 cm³/mol. The minimum absolute atomic E-state index is 0.0292. The van der Waals surface area contributed by atoms with Gasteiger partial charge in [0.15, 0.2) is 11.6 Å². The quantitative estimate of drug-likeness (QED) is 0.476. The second kappa shape index (κ2) is 9.20. The van der Waals surface area contributed by atoms with Crippen molar-refractivity contribution in [3.63, 3.8) is 0 Å². The minimum Gasteiger partial charge on any atom is -0.338 e. The number of anilines is 1.